The molecule has 0 aliphatic heterocycles. The summed E-state index contributed by atoms with van der Waals surface area (Å²) < 4.78 is 0. The van der Waals surface area contributed by atoms with E-state index in [9.17, 15) is 4.79 Å². The van der Waals surface area contributed by atoms with Crippen molar-refractivity contribution in [3.63, 3.8) is 0 Å². The maximum Gasteiger partial charge on any atom is 0.251 e. The molecule has 1 N–H and O–H groups in total. The Morgan fingerprint density at radius 2 is 2.24 bits per heavy atom. The number of thiol groups is 1. The second-order valence-corrected chi connectivity index (χ2v) is 5.51. The maximum atomic E-state index is 12.0. The Labute approximate surface area is 108 Å². The highest BCUT2D eigenvalue weighted by atomic mass is 32.1. The molecule has 1 aliphatic carbocycles. The van der Waals surface area contributed by atoms with Gasteiger partial charge in [-0.2, -0.15) is 0 Å². The summed E-state index contributed by atoms with van der Waals surface area (Å²) in [4.78, 5) is 12.9. The molecule has 1 aliphatic rings. The summed E-state index contributed by atoms with van der Waals surface area (Å²) in [5.41, 5.74) is 0.704. The normalized spacial score (nSPS) is 24.4. The number of amides is 1. The number of carbonyl (C=O) groups excluding carboxylic acids is 1. The number of rotatable bonds is 2. The van der Waals surface area contributed by atoms with Gasteiger partial charge in [-0.3, -0.25) is 4.79 Å². The van der Waals surface area contributed by atoms with E-state index in [-0.39, 0.29) is 5.91 Å². The molecule has 1 aromatic rings. The van der Waals surface area contributed by atoms with Gasteiger partial charge >= 0.3 is 0 Å². The van der Waals surface area contributed by atoms with Crippen LogP contribution in [-0.4, -0.2) is 11.9 Å². The number of hydrogen-bond donors (Lipinski definition) is 2. The van der Waals surface area contributed by atoms with Crippen molar-refractivity contribution in [2.45, 2.75) is 43.5 Å². The minimum absolute atomic E-state index is 0.0278. The van der Waals surface area contributed by atoms with E-state index in [0.29, 0.717) is 11.6 Å². The smallest absolute Gasteiger partial charge is 0.251 e. The van der Waals surface area contributed by atoms with Crippen LogP contribution in [0.2, 0.25) is 0 Å². The van der Waals surface area contributed by atoms with Crippen LogP contribution in [0.4, 0.5) is 0 Å². The van der Waals surface area contributed by atoms with E-state index in [1.165, 1.54) is 12.8 Å². The number of hydrogen-bond acceptors (Lipinski definition) is 2. The molecule has 0 saturated heterocycles. The summed E-state index contributed by atoms with van der Waals surface area (Å²) in [5, 5.41) is 3.12. The molecule has 0 heterocycles. The highest BCUT2D eigenvalue weighted by Crippen LogP contribution is 2.23. The summed E-state index contributed by atoms with van der Waals surface area (Å²) in [6.45, 7) is 2.26. The zero-order valence-electron chi connectivity index (χ0n) is 10.1. The predicted octanol–water partition coefficient (Wildman–Crippen LogP) is 3.28. The first kappa shape index (κ1) is 12.5. The maximum absolute atomic E-state index is 12.0. The molecule has 0 radical (unpaired) electrons. The van der Waals surface area contributed by atoms with E-state index < -0.39 is 0 Å². The van der Waals surface area contributed by atoms with Gasteiger partial charge in [-0.25, -0.2) is 0 Å². The molecule has 92 valence electrons. The lowest BCUT2D eigenvalue weighted by Gasteiger charge is -2.27. The SMILES string of the molecule is CC1CCCC(NC(=O)c2cccc(S)c2)C1. The van der Waals surface area contributed by atoms with Crippen molar-refractivity contribution in [1.82, 2.24) is 5.32 Å². The molecule has 0 spiro atoms. The van der Waals surface area contributed by atoms with E-state index >= 15 is 0 Å². The second-order valence-electron chi connectivity index (χ2n) is 4.99. The molecule has 1 aromatic carbocycles. The van der Waals surface area contributed by atoms with Gasteiger partial charge in [0.1, 0.15) is 0 Å². The van der Waals surface area contributed by atoms with Gasteiger partial charge < -0.3 is 5.32 Å². The first-order valence-corrected chi connectivity index (χ1v) is 6.70. The fraction of sp³-hybridized carbons (Fsp3) is 0.500. The van der Waals surface area contributed by atoms with E-state index in [1.807, 2.05) is 24.3 Å². The first-order chi connectivity index (χ1) is 8.15. The van der Waals surface area contributed by atoms with Crippen LogP contribution >= 0.6 is 12.6 Å². The van der Waals surface area contributed by atoms with Gasteiger partial charge in [-0.15, -0.1) is 12.6 Å². The fourth-order valence-corrected chi connectivity index (χ4v) is 2.71. The Morgan fingerprint density at radius 1 is 1.41 bits per heavy atom. The summed E-state index contributed by atoms with van der Waals surface area (Å²) >= 11 is 4.25. The average Bonchev–Trinajstić information content (AvgIpc) is 2.29. The standard InChI is InChI=1S/C14H19NOS/c1-10-4-2-6-12(8-10)15-14(16)11-5-3-7-13(17)9-11/h3,5,7,9-10,12,17H,2,4,6,8H2,1H3,(H,15,16). The topological polar surface area (TPSA) is 29.1 Å². The van der Waals surface area contributed by atoms with Crippen LogP contribution in [0.25, 0.3) is 0 Å². The highest BCUT2D eigenvalue weighted by molar-refractivity contribution is 7.80. The van der Waals surface area contributed by atoms with Crippen molar-refractivity contribution < 1.29 is 4.79 Å². The van der Waals surface area contributed by atoms with E-state index in [1.54, 1.807) is 0 Å². The zero-order valence-corrected chi connectivity index (χ0v) is 11.0. The molecule has 2 atom stereocenters. The third-order valence-electron chi connectivity index (χ3n) is 3.38. The van der Waals surface area contributed by atoms with Crippen LogP contribution < -0.4 is 5.32 Å². The van der Waals surface area contributed by atoms with Crippen LogP contribution in [0.3, 0.4) is 0 Å². The quantitative estimate of drug-likeness (QED) is 0.774. The van der Waals surface area contributed by atoms with Crippen LogP contribution in [-0.2, 0) is 0 Å². The van der Waals surface area contributed by atoms with Crippen molar-refractivity contribution in [2.75, 3.05) is 0 Å². The Bertz CT molecular complexity index is 405. The minimum Gasteiger partial charge on any atom is -0.349 e. The van der Waals surface area contributed by atoms with Crippen molar-refractivity contribution in [3.05, 3.63) is 29.8 Å². The summed E-state index contributed by atoms with van der Waals surface area (Å²) in [5.74, 6) is 0.755. The van der Waals surface area contributed by atoms with Gasteiger partial charge in [-0.1, -0.05) is 25.8 Å². The van der Waals surface area contributed by atoms with Crippen molar-refractivity contribution in [2.24, 2.45) is 5.92 Å². The van der Waals surface area contributed by atoms with Gasteiger partial charge in [0, 0.05) is 16.5 Å². The van der Waals surface area contributed by atoms with Gasteiger partial charge in [0.05, 0.1) is 0 Å². The highest BCUT2D eigenvalue weighted by Gasteiger charge is 2.20. The lowest BCUT2D eigenvalue weighted by atomic mass is 9.87. The Kier molecular flexibility index (Phi) is 4.11. The molecule has 3 heteroatoms. The van der Waals surface area contributed by atoms with Gasteiger partial charge in [0.2, 0.25) is 0 Å². The molecular weight excluding hydrogens is 230 g/mol. The molecule has 17 heavy (non-hydrogen) atoms. The zero-order chi connectivity index (χ0) is 12.3. The van der Waals surface area contributed by atoms with Crippen molar-refractivity contribution in [3.8, 4) is 0 Å². The molecule has 2 nitrogen and oxygen atoms in total. The van der Waals surface area contributed by atoms with Crippen LogP contribution in [0.1, 0.15) is 43.0 Å². The van der Waals surface area contributed by atoms with E-state index in [2.05, 4.69) is 24.9 Å². The molecule has 0 aromatic heterocycles. The molecule has 2 rings (SSSR count). The second kappa shape index (κ2) is 5.58. The lowest BCUT2D eigenvalue weighted by molar-refractivity contribution is 0.0921. The van der Waals surface area contributed by atoms with Gasteiger partial charge in [0.25, 0.3) is 5.91 Å². The molecule has 1 amide bonds. The largest absolute Gasteiger partial charge is 0.349 e. The Morgan fingerprint density at radius 3 is 2.94 bits per heavy atom. The summed E-state index contributed by atoms with van der Waals surface area (Å²) in [7, 11) is 0. The minimum atomic E-state index is 0.0278. The molecule has 1 saturated carbocycles. The monoisotopic (exact) mass is 249 g/mol. The van der Waals surface area contributed by atoms with E-state index in [0.717, 1.165) is 23.7 Å². The third-order valence-corrected chi connectivity index (χ3v) is 3.66. The van der Waals surface area contributed by atoms with Crippen LogP contribution in [0.5, 0.6) is 0 Å². The molecule has 0 bridgehead atoms. The Balaban J connectivity index is 1.97. The predicted molar refractivity (Wildman–Crippen MR) is 72.6 cm³/mol. The Hall–Kier alpha value is -0.960. The summed E-state index contributed by atoms with van der Waals surface area (Å²) in [6, 6.07) is 7.73. The molecule has 1 fully saturated rings. The molecule has 2 unspecified atom stereocenters. The average molecular weight is 249 g/mol. The third kappa shape index (κ3) is 3.50. The number of carbonyl (C=O) groups is 1. The lowest BCUT2D eigenvalue weighted by Crippen LogP contribution is -2.37. The first-order valence-electron chi connectivity index (χ1n) is 6.25. The van der Waals surface area contributed by atoms with Crippen molar-refractivity contribution >= 4 is 18.5 Å². The number of nitrogens with one attached hydrogen (secondary N) is 1. The number of benzene rings is 1. The van der Waals surface area contributed by atoms with Crippen LogP contribution in [0, 0.1) is 5.92 Å². The fourth-order valence-electron chi connectivity index (χ4n) is 2.48. The van der Waals surface area contributed by atoms with Gasteiger partial charge in [-0.05, 0) is 37.0 Å². The van der Waals surface area contributed by atoms with Gasteiger partial charge in [0.15, 0.2) is 0 Å². The molecular formula is C14H19NOS. The summed E-state index contributed by atoms with van der Waals surface area (Å²) in [6.07, 6.45) is 4.72. The van der Waals surface area contributed by atoms with Crippen molar-refractivity contribution in [1.29, 1.82) is 0 Å². The van der Waals surface area contributed by atoms with Crippen LogP contribution in [0.15, 0.2) is 29.2 Å². The van der Waals surface area contributed by atoms with E-state index in [4.69, 9.17) is 0 Å².